The van der Waals surface area contributed by atoms with Gasteiger partial charge in [0.15, 0.2) is 12.2 Å². The number of amides is 2. The van der Waals surface area contributed by atoms with Crippen LogP contribution in [0.4, 0.5) is 0 Å². The molecule has 0 atom stereocenters. The number of hydrogen-bond acceptors (Lipinski definition) is 7. The van der Waals surface area contributed by atoms with Crippen molar-refractivity contribution in [1.29, 1.82) is 0 Å². The van der Waals surface area contributed by atoms with Crippen molar-refractivity contribution in [1.82, 2.24) is 9.44 Å². The third kappa shape index (κ3) is 7.97. The molecule has 0 fully saturated rings. The Balaban J connectivity index is 0. The molecule has 2 rings (SSSR count). The minimum Gasteiger partial charge on any atom is -1.00 e. The monoisotopic (exact) mass is 334 g/mol. The average molecular weight is 334 g/mol. The number of rotatable bonds is 0. The number of carbonyl (C=O) groups excluding carboxylic acids is 2. The van der Waals surface area contributed by atoms with Gasteiger partial charge in [-0.3, -0.25) is 14.3 Å². The molecule has 0 aliphatic carbocycles. The van der Waals surface area contributed by atoms with E-state index in [2.05, 4.69) is 8.91 Å². The van der Waals surface area contributed by atoms with E-state index < -0.39 is 16.2 Å². The van der Waals surface area contributed by atoms with Crippen molar-refractivity contribution in [3.8, 4) is 0 Å². The van der Waals surface area contributed by atoms with Gasteiger partial charge in [-0.15, -0.1) is 0 Å². The van der Waals surface area contributed by atoms with Gasteiger partial charge in [0.25, 0.3) is 11.8 Å². The Morgan fingerprint density at radius 1 is 1.16 bits per heavy atom. The molecule has 2 aliphatic heterocycles. The van der Waals surface area contributed by atoms with Gasteiger partial charge < -0.3 is 9.79 Å². The largest absolute Gasteiger partial charge is 1.00 e. The molecule has 0 saturated carbocycles. The predicted molar refractivity (Wildman–Crippen MR) is 63.6 cm³/mol. The van der Waals surface area contributed by atoms with E-state index in [1.807, 2.05) is 0 Å². The summed E-state index contributed by atoms with van der Waals surface area (Å²) in [5, 5.41) is 0. The first-order chi connectivity index (χ1) is 8.28. The quantitative estimate of drug-likeness (QED) is 0.276. The molecule has 0 aromatic rings. The average Bonchev–Trinajstić information content (AvgIpc) is 2.13. The van der Waals surface area contributed by atoms with Gasteiger partial charge in [-0.25, -0.2) is 4.72 Å². The zero-order valence-corrected chi connectivity index (χ0v) is 15.2. The van der Waals surface area contributed by atoms with Crippen LogP contribution >= 0.6 is 12.2 Å². The molecule has 0 saturated heterocycles. The molecule has 2 N–H and O–H groups in total. The normalized spacial score (nSPS) is 19.7. The maximum atomic E-state index is 10.5. The summed E-state index contributed by atoms with van der Waals surface area (Å²) in [4.78, 5) is 20.8. The standard InChI is InChI=1S/C4H5NO4S.C4H5NO2S.K.H/c1-3-2-4(6)5-10(7,8)9-3;1-3-2-4(6)5-8-7-3;;/h2H,1H3,(H,5,6);2H,1H3,(H,5,6);;/q;;+1;-1. The molecule has 11 heteroatoms. The van der Waals surface area contributed by atoms with E-state index >= 15 is 0 Å². The molecule has 0 aromatic heterocycles. The number of nitrogens with one attached hydrogen (secondary N) is 2. The van der Waals surface area contributed by atoms with Gasteiger partial charge >= 0.3 is 61.7 Å². The van der Waals surface area contributed by atoms with E-state index in [-0.39, 0.29) is 64.5 Å². The molecular formula is C8H11KN2O6S2. The number of allylic oxidation sites excluding steroid dienone is 2. The van der Waals surface area contributed by atoms with Crippen LogP contribution in [0.3, 0.4) is 0 Å². The van der Waals surface area contributed by atoms with Gasteiger partial charge in [0.1, 0.15) is 11.5 Å². The van der Waals surface area contributed by atoms with Crippen molar-refractivity contribution in [2.75, 3.05) is 0 Å². The second-order valence-corrected chi connectivity index (χ2v) is 4.96. The van der Waals surface area contributed by atoms with Crippen molar-refractivity contribution < 1.29 is 79.2 Å². The second kappa shape index (κ2) is 8.29. The fourth-order valence-electron chi connectivity index (χ4n) is 0.921. The van der Waals surface area contributed by atoms with E-state index in [4.69, 9.17) is 4.18 Å². The Labute approximate surface area is 158 Å². The molecule has 0 aromatic carbocycles. The molecule has 8 nitrogen and oxygen atoms in total. The van der Waals surface area contributed by atoms with Crippen molar-refractivity contribution >= 4 is 34.3 Å². The molecular weight excluding hydrogens is 323 g/mol. The predicted octanol–water partition coefficient (Wildman–Crippen LogP) is -3.00. The van der Waals surface area contributed by atoms with Crippen LogP contribution in [0.2, 0.25) is 0 Å². The van der Waals surface area contributed by atoms with Gasteiger partial charge in [-0.05, 0) is 13.8 Å². The zero-order valence-electron chi connectivity index (χ0n) is 11.4. The van der Waals surface area contributed by atoms with Crippen molar-refractivity contribution in [2.45, 2.75) is 13.8 Å². The summed E-state index contributed by atoms with van der Waals surface area (Å²) in [6.45, 7) is 3.11. The molecule has 0 unspecified atom stereocenters. The van der Waals surface area contributed by atoms with Gasteiger partial charge in [0.2, 0.25) is 0 Å². The summed E-state index contributed by atoms with van der Waals surface area (Å²) < 4.78 is 34.0. The van der Waals surface area contributed by atoms with E-state index in [1.165, 1.54) is 13.0 Å². The summed E-state index contributed by atoms with van der Waals surface area (Å²) in [5.41, 5.74) is 0. The summed E-state index contributed by atoms with van der Waals surface area (Å²) >= 11 is 0.943. The van der Waals surface area contributed by atoms with Crippen LogP contribution in [0.5, 0.6) is 0 Å². The van der Waals surface area contributed by atoms with Gasteiger partial charge in [-0.2, -0.15) is 8.42 Å². The molecule has 0 radical (unpaired) electrons. The van der Waals surface area contributed by atoms with Crippen molar-refractivity contribution in [3.05, 3.63) is 23.7 Å². The first-order valence-corrected chi connectivity index (χ1v) is 6.70. The minimum absolute atomic E-state index is 0. The zero-order chi connectivity index (χ0) is 13.8. The van der Waals surface area contributed by atoms with E-state index in [0.29, 0.717) is 5.76 Å². The van der Waals surface area contributed by atoms with Gasteiger partial charge in [0.05, 0.1) is 0 Å². The van der Waals surface area contributed by atoms with Gasteiger partial charge in [0, 0.05) is 12.2 Å². The minimum atomic E-state index is -3.85. The van der Waals surface area contributed by atoms with Crippen LogP contribution in [0.25, 0.3) is 0 Å². The van der Waals surface area contributed by atoms with Crippen LogP contribution < -0.4 is 60.8 Å². The first kappa shape index (κ1) is 19.0. The fourth-order valence-corrected chi connectivity index (χ4v) is 2.02. The van der Waals surface area contributed by atoms with E-state index in [1.54, 1.807) is 11.6 Å². The molecule has 102 valence electrons. The Hall–Kier alpha value is -0.0436. The topological polar surface area (TPSA) is 111 Å². The Morgan fingerprint density at radius 2 is 1.74 bits per heavy atom. The first-order valence-electron chi connectivity index (χ1n) is 4.55. The summed E-state index contributed by atoms with van der Waals surface area (Å²) in [7, 11) is -3.85. The SMILES string of the molecule is CC1=CC(=O)NS(=O)(=O)O1.CC1=CC(=O)NSO1.[H-].[K+]. The third-order valence-electron chi connectivity index (χ3n) is 1.45. The van der Waals surface area contributed by atoms with Crippen LogP contribution in [-0.2, 0) is 28.3 Å². The summed E-state index contributed by atoms with van der Waals surface area (Å²) in [6.07, 6.45) is 2.46. The molecule has 19 heavy (non-hydrogen) atoms. The molecule has 0 spiro atoms. The molecule has 2 heterocycles. The maximum Gasteiger partial charge on any atom is 1.00 e. The maximum absolute atomic E-state index is 10.5. The third-order valence-corrected chi connectivity index (χ3v) is 3.02. The van der Waals surface area contributed by atoms with E-state index in [9.17, 15) is 18.0 Å². The smallest absolute Gasteiger partial charge is 1.00 e. The fraction of sp³-hybridized carbons (Fsp3) is 0.250. The Bertz CT molecular complexity index is 533. The van der Waals surface area contributed by atoms with E-state index in [0.717, 1.165) is 18.3 Å². The molecule has 2 amide bonds. The van der Waals surface area contributed by atoms with Crippen LogP contribution in [0.1, 0.15) is 15.3 Å². The second-order valence-electron chi connectivity index (χ2n) is 3.15. The number of hydrogen-bond donors (Lipinski definition) is 2. The van der Waals surface area contributed by atoms with Crippen LogP contribution in [0, 0.1) is 0 Å². The van der Waals surface area contributed by atoms with Crippen molar-refractivity contribution in [2.24, 2.45) is 0 Å². The van der Waals surface area contributed by atoms with Crippen molar-refractivity contribution in [3.63, 3.8) is 0 Å². The molecule has 0 bridgehead atoms. The van der Waals surface area contributed by atoms with Crippen LogP contribution in [-0.4, -0.2) is 20.2 Å². The van der Waals surface area contributed by atoms with Crippen LogP contribution in [0.15, 0.2) is 23.7 Å². The number of carbonyl (C=O) groups is 2. The van der Waals surface area contributed by atoms with Gasteiger partial charge in [-0.1, -0.05) is 0 Å². The Morgan fingerprint density at radius 3 is 2.11 bits per heavy atom. The molecule has 2 aliphatic rings. The summed E-state index contributed by atoms with van der Waals surface area (Å²) in [6, 6.07) is 0. The summed E-state index contributed by atoms with van der Waals surface area (Å²) in [5.74, 6) is -0.0787. The Kier molecular flexibility index (Phi) is 8.27.